The third-order valence-electron chi connectivity index (χ3n) is 8.92. The zero-order chi connectivity index (χ0) is 28.1. The van der Waals surface area contributed by atoms with E-state index in [-0.39, 0.29) is 0 Å². The Balaban J connectivity index is 1.96. The molecule has 5 aromatic carbocycles. The SMILES string of the molecule is CCCCc1cc(C#N)c(CCCC)c2cc3c(CCCC)c4cc5ccccc5cc4c(CCCC)c3cc12. The minimum atomic E-state index is 0.888. The summed E-state index contributed by atoms with van der Waals surface area (Å²) in [6, 6.07) is 23.7. The zero-order valence-electron chi connectivity index (χ0n) is 25.1. The second-order valence-corrected chi connectivity index (χ2v) is 11.7. The number of aryl methyl sites for hydroxylation is 4. The van der Waals surface area contributed by atoms with Gasteiger partial charge in [0.15, 0.2) is 0 Å². The van der Waals surface area contributed by atoms with Gasteiger partial charge in [0.25, 0.3) is 0 Å². The van der Waals surface area contributed by atoms with Crippen molar-refractivity contribution in [2.75, 3.05) is 0 Å². The van der Waals surface area contributed by atoms with Crippen molar-refractivity contribution in [3.63, 3.8) is 0 Å². The van der Waals surface area contributed by atoms with Gasteiger partial charge in [-0.3, -0.25) is 0 Å². The number of fused-ring (bicyclic) bond motifs is 4. The van der Waals surface area contributed by atoms with Crippen molar-refractivity contribution in [1.82, 2.24) is 0 Å². The molecule has 0 heterocycles. The number of rotatable bonds is 12. The number of hydrogen-bond acceptors (Lipinski definition) is 1. The van der Waals surface area contributed by atoms with Gasteiger partial charge in [0.2, 0.25) is 0 Å². The smallest absolute Gasteiger partial charge is 0.0994 e. The Morgan fingerprint density at radius 1 is 0.500 bits per heavy atom. The summed E-state index contributed by atoms with van der Waals surface area (Å²) in [5, 5.41) is 21.3. The zero-order valence-corrected chi connectivity index (χ0v) is 25.1. The van der Waals surface area contributed by atoms with E-state index < -0.39 is 0 Å². The lowest BCUT2D eigenvalue weighted by atomic mass is 9.83. The van der Waals surface area contributed by atoms with Crippen LogP contribution in [0.4, 0.5) is 0 Å². The topological polar surface area (TPSA) is 23.8 Å². The van der Waals surface area contributed by atoms with E-state index in [0.29, 0.717) is 0 Å². The van der Waals surface area contributed by atoms with Gasteiger partial charge in [0.05, 0.1) is 11.6 Å². The minimum absolute atomic E-state index is 0.888. The normalized spacial score (nSPS) is 11.7. The molecule has 0 radical (unpaired) electrons. The summed E-state index contributed by atoms with van der Waals surface area (Å²) < 4.78 is 0. The van der Waals surface area contributed by atoms with Crippen LogP contribution < -0.4 is 0 Å². The largest absolute Gasteiger partial charge is 0.192 e. The fourth-order valence-electron chi connectivity index (χ4n) is 6.67. The van der Waals surface area contributed by atoms with Gasteiger partial charge in [-0.25, -0.2) is 0 Å². The van der Waals surface area contributed by atoms with Crippen molar-refractivity contribution >= 4 is 43.1 Å². The third kappa shape index (κ3) is 5.34. The molecule has 5 aromatic rings. The lowest BCUT2D eigenvalue weighted by Crippen LogP contribution is -2.01. The summed E-state index contributed by atoms with van der Waals surface area (Å²) in [6.45, 7) is 9.11. The summed E-state index contributed by atoms with van der Waals surface area (Å²) in [5.41, 5.74) is 6.51. The molecule has 1 nitrogen and oxygen atoms in total. The summed E-state index contributed by atoms with van der Waals surface area (Å²) in [4.78, 5) is 0. The number of hydrogen-bond donors (Lipinski definition) is 0. The molecule has 0 aliphatic carbocycles. The van der Waals surface area contributed by atoms with Crippen LogP contribution in [0.15, 0.2) is 54.6 Å². The number of unbranched alkanes of at least 4 members (excludes halogenated alkanes) is 4. The van der Waals surface area contributed by atoms with Crippen LogP contribution in [0.3, 0.4) is 0 Å². The molecule has 0 atom stereocenters. The predicted octanol–water partition coefficient (Wildman–Crippen LogP) is 11.5. The maximum Gasteiger partial charge on any atom is 0.0994 e. The monoisotopic (exact) mass is 527 g/mol. The fraction of sp³-hybridized carbons (Fsp3) is 0.410. The molecule has 0 saturated carbocycles. The second-order valence-electron chi connectivity index (χ2n) is 11.7. The molecule has 0 N–H and O–H groups in total. The summed E-state index contributed by atoms with van der Waals surface area (Å²) in [7, 11) is 0. The first-order valence-corrected chi connectivity index (χ1v) is 15.9. The predicted molar refractivity (Wildman–Crippen MR) is 176 cm³/mol. The molecule has 0 aliphatic rings. The van der Waals surface area contributed by atoms with E-state index in [1.165, 1.54) is 91.0 Å². The van der Waals surface area contributed by atoms with E-state index in [9.17, 15) is 5.26 Å². The standard InChI is InChI=1S/C39H45N/c1-5-9-15-29-21-30(26-40)31(18-10-6-2)37-25-39-33(20-12-8-4)36-23-28-17-14-13-16-27(28)22-35(36)32(19-11-7-3)38(39)24-34(29)37/h13-14,16-17,21-25H,5-12,15,18-20H2,1-4H3. The molecule has 0 unspecified atom stereocenters. The van der Waals surface area contributed by atoms with Crippen LogP contribution in [-0.2, 0) is 25.7 Å². The Morgan fingerprint density at radius 3 is 1.43 bits per heavy atom. The Hall–Kier alpha value is -3.37. The van der Waals surface area contributed by atoms with Crippen molar-refractivity contribution in [3.05, 3.63) is 82.4 Å². The first kappa shape index (κ1) is 28.2. The fourth-order valence-corrected chi connectivity index (χ4v) is 6.67. The van der Waals surface area contributed by atoms with Crippen molar-refractivity contribution in [3.8, 4) is 6.07 Å². The summed E-state index contributed by atoms with van der Waals surface area (Å²) in [5.74, 6) is 0. The van der Waals surface area contributed by atoms with E-state index in [1.807, 2.05) is 0 Å². The van der Waals surface area contributed by atoms with E-state index in [0.717, 1.165) is 56.9 Å². The van der Waals surface area contributed by atoms with Crippen molar-refractivity contribution in [1.29, 1.82) is 5.26 Å². The van der Waals surface area contributed by atoms with Crippen molar-refractivity contribution in [2.24, 2.45) is 0 Å². The molecule has 40 heavy (non-hydrogen) atoms. The number of nitriles is 1. The highest BCUT2D eigenvalue weighted by molar-refractivity contribution is 6.14. The average molecular weight is 528 g/mol. The van der Waals surface area contributed by atoms with Gasteiger partial charge < -0.3 is 0 Å². The van der Waals surface area contributed by atoms with Crippen LogP contribution in [0.5, 0.6) is 0 Å². The molecule has 206 valence electrons. The molecule has 1 heteroatoms. The van der Waals surface area contributed by atoms with Crippen LogP contribution in [0, 0.1) is 11.3 Å². The highest BCUT2D eigenvalue weighted by Crippen LogP contribution is 2.41. The molecule has 0 aliphatic heterocycles. The Labute approximate surface area is 241 Å². The molecular weight excluding hydrogens is 482 g/mol. The van der Waals surface area contributed by atoms with Crippen molar-refractivity contribution in [2.45, 2.75) is 105 Å². The summed E-state index contributed by atoms with van der Waals surface area (Å²) in [6.07, 6.45) is 13.5. The van der Waals surface area contributed by atoms with Gasteiger partial charge in [0.1, 0.15) is 0 Å². The Bertz CT molecular complexity index is 1700. The lowest BCUT2D eigenvalue weighted by molar-refractivity contribution is 0.790. The Kier molecular flexibility index (Phi) is 9.06. The van der Waals surface area contributed by atoms with Crippen LogP contribution in [0.25, 0.3) is 43.1 Å². The molecule has 0 fully saturated rings. The highest BCUT2D eigenvalue weighted by Gasteiger charge is 2.19. The van der Waals surface area contributed by atoms with Crippen LogP contribution in [-0.4, -0.2) is 0 Å². The molecule has 5 rings (SSSR count). The molecule has 0 bridgehead atoms. The first-order chi connectivity index (χ1) is 19.6. The summed E-state index contributed by atoms with van der Waals surface area (Å²) >= 11 is 0. The lowest BCUT2D eigenvalue weighted by Gasteiger charge is -2.21. The molecular formula is C39H45N. The maximum atomic E-state index is 10.2. The van der Waals surface area contributed by atoms with E-state index >= 15 is 0 Å². The minimum Gasteiger partial charge on any atom is -0.192 e. The third-order valence-corrected chi connectivity index (χ3v) is 8.92. The van der Waals surface area contributed by atoms with Gasteiger partial charge in [0, 0.05) is 0 Å². The van der Waals surface area contributed by atoms with Gasteiger partial charge in [-0.05, 0) is 147 Å². The van der Waals surface area contributed by atoms with Gasteiger partial charge in [-0.15, -0.1) is 0 Å². The van der Waals surface area contributed by atoms with Crippen LogP contribution >= 0.6 is 0 Å². The van der Waals surface area contributed by atoms with Crippen LogP contribution in [0.2, 0.25) is 0 Å². The van der Waals surface area contributed by atoms with Gasteiger partial charge in [-0.2, -0.15) is 5.26 Å². The van der Waals surface area contributed by atoms with E-state index in [1.54, 1.807) is 0 Å². The molecule has 0 amide bonds. The highest BCUT2D eigenvalue weighted by atomic mass is 14.3. The quantitative estimate of drug-likeness (QED) is 0.148. The second kappa shape index (κ2) is 12.9. The van der Waals surface area contributed by atoms with Crippen LogP contribution in [0.1, 0.15) is 107 Å². The molecule has 0 saturated heterocycles. The Morgan fingerprint density at radius 2 is 0.925 bits per heavy atom. The van der Waals surface area contributed by atoms with E-state index in [2.05, 4.69) is 88.4 Å². The maximum absolute atomic E-state index is 10.2. The molecule has 0 aromatic heterocycles. The average Bonchev–Trinajstić information content (AvgIpc) is 2.99. The van der Waals surface area contributed by atoms with Gasteiger partial charge >= 0.3 is 0 Å². The first-order valence-electron chi connectivity index (χ1n) is 15.9. The van der Waals surface area contributed by atoms with Crippen molar-refractivity contribution < 1.29 is 0 Å². The number of benzene rings is 5. The molecule has 0 spiro atoms. The van der Waals surface area contributed by atoms with E-state index in [4.69, 9.17) is 0 Å². The van der Waals surface area contributed by atoms with Gasteiger partial charge in [-0.1, -0.05) is 77.6 Å². The number of nitrogens with zero attached hydrogens (tertiary/aromatic N) is 1.